The zero-order valence-electron chi connectivity index (χ0n) is 10.3. The van der Waals surface area contributed by atoms with E-state index in [0.717, 1.165) is 30.9 Å². The Bertz CT molecular complexity index is 418. The fraction of sp³-hybridized carbons (Fsp3) is 0.500. The van der Waals surface area contributed by atoms with Crippen molar-refractivity contribution < 1.29 is 0 Å². The third-order valence-electron chi connectivity index (χ3n) is 2.57. The number of aryl methyl sites for hydroxylation is 2. The van der Waals surface area contributed by atoms with Crippen molar-refractivity contribution in [3.63, 3.8) is 0 Å². The number of hydrogen-bond donors (Lipinski definition) is 1. The minimum Gasteiger partial charge on any atom is -0.316 e. The van der Waals surface area contributed by atoms with E-state index >= 15 is 0 Å². The highest BCUT2D eigenvalue weighted by Gasteiger charge is 1.98. The third kappa shape index (κ3) is 3.94. The van der Waals surface area contributed by atoms with Crippen molar-refractivity contribution in [2.75, 3.05) is 13.1 Å². The van der Waals surface area contributed by atoms with Crippen LogP contribution in [0.5, 0.6) is 0 Å². The normalized spacial score (nSPS) is 10.9. The summed E-state index contributed by atoms with van der Waals surface area (Å²) in [4.78, 5) is 4.44. The van der Waals surface area contributed by atoms with Crippen molar-refractivity contribution in [3.05, 3.63) is 34.0 Å². The highest BCUT2D eigenvalue weighted by molar-refractivity contribution is 7.09. The Labute approximate surface area is 106 Å². The van der Waals surface area contributed by atoms with Crippen LogP contribution in [0.25, 0.3) is 0 Å². The molecular weight excluding hydrogens is 232 g/mol. The molecule has 0 aliphatic carbocycles. The van der Waals surface area contributed by atoms with Crippen molar-refractivity contribution in [2.24, 2.45) is 7.05 Å². The summed E-state index contributed by atoms with van der Waals surface area (Å²) in [6.45, 7) is 4.03. The van der Waals surface area contributed by atoms with Crippen molar-refractivity contribution in [1.82, 2.24) is 20.1 Å². The maximum Gasteiger partial charge on any atom is 0.0897 e. The van der Waals surface area contributed by atoms with E-state index in [0.29, 0.717) is 0 Å². The molecule has 1 N–H and O–H groups in total. The molecule has 4 nitrogen and oxygen atoms in total. The molecule has 0 aromatic carbocycles. The molecule has 0 aliphatic rings. The average Bonchev–Trinajstić information content (AvgIpc) is 2.88. The molecule has 92 valence electrons. The summed E-state index contributed by atoms with van der Waals surface area (Å²) >= 11 is 1.72. The van der Waals surface area contributed by atoms with Gasteiger partial charge in [-0.05, 0) is 25.5 Å². The SMILES string of the molecule is Cc1nc(CCNCCc2cnn(C)c2)cs1. The number of nitrogens with one attached hydrogen (secondary N) is 1. The van der Waals surface area contributed by atoms with Crippen LogP contribution in [0.2, 0.25) is 0 Å². The first-order chi connectivity index (χ1) is 8.24. The van der Waals surface area contributed by atoms with Crippen LogP contribution in [0.3, 0.4) is 0 Å². The zero-order valence-corrected chi connectivity index (χ0v) is 11.1. The van der Waals surface area contributed by atoms with Crippen LogP contribution < -0.4 is 5.32 Å². The number of rotatable bonds is 6. The van der Waals surface area contributed by atoms with E-state index in [-0.39, 0.29) is 0 Å². The third-order valence-corrected chi connectivity index (χ3v) is 3.40. The van der Waals surface area contributed by atoms with Crippen molar-refractivity contribution in [1.29, 1.82) is 0 Å². The molecule has 0 fully saturated rings. The second-order valence-corrected chi connectivity index (χ2v) is 5.19. The molecule has 2 aromatic rings. The van der Waals surface area contributed by atoms with E-state index in [9.17, 15) is 0 Å². The van der Waals surface area contributed by atoms with Gasteiger partial charge < -0.3 is 5.32 Å². The summed E-state index contributed by atoms with van der Waals surface area (Å²) in [7, 11) is 1.95. The number of thiazole rings is 1. The van der Waals surface area contributed by atoms with Gasteiger partial charge in [0, 0.05) is 31.6 Å². The lowest BCUT2D eigenvalue weighted by molar-refractivity contribution is 0.676. The van der Waals surface area contributed by atoms with Crippen LogP contribution in [0.4, 0.5) is 0 Å². The van der Waals surface area contributed by atoms with Gasteiger partial charge in [0.25, 0.3) is 0 Å². The summed E-state index contributed by atoms with van der Waals surface area (Å²) < 4.78 is 1.84. The van der Waals surface area contributed by atoms with Gasteiger partial charge in [-0.3, -0.25) is 4.68 Å². The summed E-state index contributed by atoms with van der Waals surface area (Å²) in [6.07, 6.45) is 6.03. The fourth-order valence-electron chi connectivity index (χ4n) is 1.70. The fourth-order valence-corrected chi connectivity index (χ4v) is 2.35. The molecule has 2 heterocycles. The predicted octanol–water partition coefficient (Wildman–Crippen LogP) is 1.56. The van der Waals surface area contributed by atoms with E-state index in [1.165, 1.54) is 11.3 Å². The topological polar surface area (TPSA) is 42.7 Å². The van der Waals surface area contributed by atoms with Crippen LogP contribution in [0, 0.1) is 6.92 Å². The van der Waals surface area contributed by atoms with E-state index in [2.05, 4.69) is 27.0 Å². The Morgan fingerprint density at radius 1 is 1.35 bits per heavy atom. The smallest absolute Gasteiger partial charge is 0.0897 e. The quantitative estimate of drug-likeness (QED) is 0.791. The maximum absolute atomic E-state index is 4.44. The lowest BCUT2D eigenvalue weighted by Gasteiger charge is -2.01. The number of hydrogen-bond acceptors (Lipinski definition) is 4. The summed E-state index contributed by atoms with van der Waals surface area (Å²) in [5.74, 6) is 0. The largest absolute Gasteiger partial charge is 0.316 e. The van der Waals surface area contributed by atoms with Gasteiger partial charge in [0.15, 0.2) is 0 Å². The molecule has 5 heteroatoms. The summed E-state index contributed by atoms with van der Waals surface area (Å²) in [6, 6.07) is 0. The minimum absolute atomic E-state index is 0.990. The summed E-state index contributed by atoms with van der Waals surface area (Å²) in [5, 5.41) is 10.9. The lowest BCUT2D eigenvalue weighted by atomic mass is 10.2. The van der Waals surface area contributed by atoms with Gasteiger partial charge in [-0.1, -0.05) is 0 Å². The van der Waals surface area contributed by atoms with Gasteiger partial charge in [-0.25, -0.2) is 4.98 Å². The van der Waals surface area contributed by atoms with Crippen LogP contribution in [-0.2, 0) is 19.9 Å². The van der Waals surface area contributed by atoms with Gasteiger partial charge in [-0.2, -0.15) is 5.10 Å². The first-order valence-electron chi connectivity index (χ1n) is 5.83. The Balaban J connectivity index is 1.60. The van der Waals surface area contributed by atoms with Crippen molar-refractivity contribution >= 4 is 11.3 Å². The molecule has 0 radical (unpaired) electrons. The second-order valence-electron chi connectivity index (χ2n) is 4.13. The van der Waals surface area contributed by atoms with E-state index < -0.39 is 0 Å². The number of nitrogens with zero attached hydrogens (tertiary/aromatic N) is 3. The molecule has 0 aliphatic heterocycles. The molecule has 0 saturated carbocycles. The van der Waals surface area contributed by atoms with Gasteiger partial charge in [0.2, 0.25) is 0 Å². The highest BCUT2D eigenvalue weighted by Crippen LogP contribution is 2.07. The van der Waals surface area contributed by atoms with Crippen LogP contribution >= 0.6 is 11.3 Å². The van der Waals surface area contributed by atoms with Gasteiger partial charge in [0.1, 0.15) is 0 Å². The van der Waals surface area contributed by atoms with E-state index in [1.807, 2.05) is 24.9 Å². The predicted molar refractivity (Wildman–Crippen MR) is 70.3 cm³/mol. The van der Waals surface area contributed by atoms with Crippen molar-refractivity contribution in [2.45, 2.75) is 19.8 Å². The maximum atomic E-state index is 4.44. The molecule has 0 unspecified atom stereocenters. The molecular formula is C12H18N4S. The Kier molecular flexibility index (Phi) is 4.28. The molecule has 2 aromatic heterocycles. The molecule has 0 bridgehead atoms. The van der Waals surface area contributed by atoms with Gasteiger partial charge >= 0.3 is 0 Å². The monoisotopic (exact) mass is 250 g/mol. The Morgan fingerprint density at radius 3 is 2.82 bits per heavy atom. The minimum atomic E-state index is 0.990. The molecule has 0 spiro atoms. The molecule has 17 heavy (non-hydrogen) atoms. The van der Waals surface area contributed by atoms with Crippen LogP contribution in [0.15, 0.2) is 17.8 Å². The first-order valence-corrected chi connectivity index (χ1v) is 6.71. The lowest BCUT2D eigenvalue weighted by Crippen LogP contribution is -2.20. The Hall–Kier alpha value is -1.20. The van der Waals surface area contributed by atoms with Gasteiger partial charge in [-0.15, -0.1) is 11.3 Å². The Morgan fingerprint density at radius 2 is 2.18 bits per heavy atom. The first kappa shape index (κ1) is 12.3. The average molecular weight is 250 g/mol. The van der Waals surface area contributed by atoms with Gasteiger partial charge in [0.05, 0.1) is 16.9 Å². The zero-order chi connectivity index (χ0) is 12.1. The molecule has 0 amide bonds. The van der Waals surface area contributed by atoms with Crippen LogP contribution in [-0.4, -0.2) is 27.9 Å². The second kappa shape index (κ2) is 5.93. The molecule has 2 rings (SSSR count). The standard InChI is InChI=1S/C12H18N4S/c1-10-15-12(9-17-10)4-6-13-5-3-11-7-14-16(2)8-11/h7-9,13H,3-6H2,1-2H3. The number of aromatic nitrogens is 3. The molecule has 0 atom stereocenters. The van der Waals surface area contributed by atoms with E-state index in [4.69, 9.17) is 0 Å². The summed E-state index contributed by atoms with van der Waals surface area (Å²) in [5.41, 5.74) is 2.48. The van der Waals surface area contributed by atoms with Crippen molar-refractivity contribution in [3.8, 4) is 0 Å². The van der Waals surface area contributed by atoms with E-state index in [1.54, 1.807) is 11.3 Å². The highest BCUT2D eigenvalue weighted by atomic mass is 32.1. The van der Waals surface area contributed by atoms with Crippen LogP contribution in [0.1, 0.15) is 16.3 Å². The molecule has 0 saturated heterocycles.